The molecule has 3 rings (SSSR count). The molecule has 2 aromatic rings. The largest absolute Gasteiger partial charge is 0.463 e. The number of carbonyl (C=O) groups is 1. The van der Waals surface area contributed by atoms with E-state index in [1.54, 1.807) is 0 Å². The summed E-state index contributed by atoms with van der Waals surface area (Å²) in [5.41, 5.74) is 6.09. The van der Waals surface area contributed by atoms with Crippen molar-refractivity contribution in [2.24, 2.45) is 0 Å². The Kier molecular flexibility index (Phi) is 3.98. The Bertz CT molecular complexity index is 840. The fourth-order valence-electron chi connectivity index (χ4n) is 2.41. The molecule has 1 fully saturated rings. The molecule has 2 atom stereocenters. The SMILES string of the molecule is CC(=O)OC[C@@H]1CC[C@H](n2c(=O)sc3c(=S)[nH]c(N)nc32)O1. The Morgan fingerprint density at radius 2 is 2.41 bits per heavy atom. The molecule has 8 nitrogen and oxygen atoms in total. The van der Waals surface area contributed by atoms with E-state index in [1.165, 1.54) is 11.5 Å². The van der Waals surface area contributed by atoms with Crippen molar-refractivity contribution in [2.45, 2.75) is 32.1 Å². The third-order valence-electron chi connectivity index (χ3n) is 3.34. The second-order valence-electron chi connectivity index (χ2n) is 4.93. The second kappa shape index (κ2) is 5.78. The summed E-state index contributed by atoms with van der Waals surface area (Å²) in [5, 5.41) is 0. The van der Waals surface area contributed by atoms with Crippen molar-refractivity contribution >= 4 is 45.8 Å². The van der Waals surface area contributed by atoms with E-state index in [0.717, 1.165) is 11.3 Å². The number of ether oxygens (including phenoxy) is 2. The Labute approximate surface area is 133 Å². The highest BCUT2D eigenvalue weighted by molar-refractivity contribution is 7.71. The highest BCUT2D eigenvalue weighted by Crippen LogP contribution is 2.31. The van der Waals surface area contributed by atoms with Gasteiger partial charge >= 0.3 is 10.8 Å². The number of H-pyrrole nitrogens is 1. The van der Waals surface area contributed by atoms with Gasteiger partial charge in [0.2, 0.25) is 5.95 Å². The van der Waals surface area contributed by atoms with Gasteiger partial charge in [-0.2, -0.15) is 4.98 Å². The number of esters is 1. The van der Waals surface area contributed by atoms with Crippen LogP contribution in [0.4, 0.5) is 5.95 Å². The van der Waals surface area contributed by atoms with E-state index in [2.05, 4.69) is 9.97 Å². The number of nitrogens with two attached hydrogens (primary N) is 1. The van der Waals surface area contributed by atoms with Crippen molar-refractivity contribution in [1.82, 2.24) is 14.5 Å². The van der Waals surface area contributed by atoms with Gasteiger partial charge in [0, 0.05) is 6.92 Å². The molecule has 0 aliphatic carbocycles. The van der Waals surface area contributed by atoms with Crippen molar-refractivity contribution in [2.75, 3.05) is 12.3 Å². The molecule has 0 amide bonds. The fourth-order valence-corrected chi connectivity index (χ4v) is 3.59. The summed E-state index contributed by atoms with van der Waals surface area (Å²) in [4.78, 5) is 29.8. The van der Waals surface area contributed by atoms with Gasteiger partial charge in [-0.3, -0.25) is 14.2 Å². The molecular formula is C12H14N4O4S2. The summed E-state index contributed by atoms with van der Waals surface area (Å²) in [6.07, 6.45) is 0.637. The van der Waals surface area contributed by atoms with E-state index < -0.39 is 6.23 Å². The van der Waals surface area contributed by atoms with Crippen LogP contribution >= 0.6 is 23.6 Å². The lowest BCUT2D eigenvalue weighted by atomic mass is 10.2. The van der Waals surface area contributed by atoms with E-state index in [9.17, 15) is 9.59 Å². The Hall–Kier alpha value is -1.78. The van der Waals surface area contributed by atoms with Gasteiger partial charge in [-0.15, -0.1) is 0 Å². The summed E-state index contributed by atoms with van der Waals surface area (Å²) in [7, 11) is 0. The molecule has 0 spiro atoms. The summed E-state index contributed by atoms with van der Waals surface area (Å²) in [6, 6.07) is 0. The molecule has 118 valence electrons. The van der Waals surface area contributed by atoms with Gasteiger partial charge in [-0.25, -0.2) is 0 Å². The number of nitrogens with zero attached hydrogens (tertiary/aromatic N) is 2. The topological polar surface area (TPSA) is 112 Å². The summed E-state index contributed by atoms with van der Waals surface area (Å²) < 4.78 is 13.2. The third-order valence-corrected chi connectivity index (χ3v) is 4.73. The summed E-state index contributed by atoms with van der Waals surface area (Å²) >= 11 is 6.18. The maximum absolute atomic E-state index is 12.2. The Morgan fingerprint density at radius 1 is 1.64 bits per heavy atom. The molecule has 2 aromatic heterocycles. The highest BCUT2D eigenvalue weighted by Gasteiger charge is 2.30. The number of rotatable bonds is 3. The van der Waals surface area contributed by atoms with Gasteiger partial charge in [0.05, 0.1) is 6.10 Å². The zero-order valence-electron chi connectivity index (χ0n) is 11.7. The molecule has 0 unspecified atom stereocenters. The van der Waals surface area contributed by atoms with Crippen LogP contribution < -0.4 is 10.6 Å². The lowest BCUT2D eigenvalue weighted by molar-refractivity contribution is -0.145. The predicted molar refractivity (Wildman–Crippen MR) is 83.3 cm³/mol. The molecule has 0 saturated carbocycles. The number of nitrogen functional groups attached to an aromatic ring is 1. The monoisotopic (exact) mass is 342 g/mol. The van der Waals surface area contributed by atoms with Gasteiger partial charge in [-0.05, 0) is 12.8 Å². The molecule has 3 N–H and O–H groups in total. The summed E-state index contributed by atoms with van der Waals surface area (Å²) in [6.45, 7) is 1.52. The number of aromatic amines is 1. The first-order valence-electron chi connectivity index (χ1n) is 6.65. The molecule has 1 saturated heterocycles. The van der Waals surface area contributed by atoms with Gasteiger partial charge in [0.25, 0.3) is 0 Å². The minimum absolute atomic E-state index is 0.151. The molecular weight excluding hydrogens is 328 g/mol. The number of fused-ring (bicyclic) bond motifs is 1. The second-order valence-corrected chi connectivity index (χ2v) is 6.30. The smallest absolute Gasteiger partial charge is 0.311 e. The number of aromatic nitrogens is 3. The highest BCUT2D eigenvalue weighted by atomic mass is 32.1. The number of hydrogen-bond acceptors (Lipinski definition) is 8. The number of nitrogens with one attached hydrogen (secondary N) is 1. The quantitative estimate of drug-likeness (QED) is 0.639. The van der Waals surface area contributed by atoms with Crippen LogP contribution in [-0.2, 0) is 14.3 Å². The van der Waals surface area contributed by atoms with Crippen LogP contribution in [0.2, 0.25) is 0 Å². The van der Waals surface area contributed by atoms with Gasteiger partial charge in [0.15, 0.2) is 5.65 Å². The molecule has 0 bridgehead atoms. The first kappa shape index (κ1) is 15.1. The molecule has 0 aromatic carbocycles. The van der Waals surface area contributed by atoms with Crippen molar-refractivity contribution in [3.8, 4) is 0 Å². The number of hydrogen-bond donors (Lipinski definition) is 2. The molecule has 0 radical (unpaired) electrons. The van der Waals surface area contributed by atoms with Crippen LogP contribution in [-0.4, -0.2) is 33.2 Å². The number of anilines is 1. The fraction of sp³-hybridized carbons (Fsp3) is 0.500. The van der Waals surface area contributed by atoms with Crippen molar-refractivity contribution < 1.29 is 14.3 Å². The van der Waals surface area contributed by atoms with E-state index in [0.29, 0.717) is 27.8 Å². The van der Waals surface area contributed by atoms with Gasteiger partial charge in [0.1, 0.15) is 22.2 Å². The molecule has 22 heavy (non-hydrogen) atoms. The normalized spacial score (nSPS) is 21.3. The standard InChI is InChI=1S/C12H14N4O4S2/c1-5(17)19-4-6-2-3-7(20-6)16-9-8(22-12(16)18)10(21)15-11(13)14-9/h6-7H,2-4H2,1H3,(H3,13,14,15,21)/t6-,7+/m0/s1. The predicted octanol–water partition coefficient (Wildman–Crippen LogP) is 1.34. The first-order chi connectivity index (χ1) is 10.5. The van der Waals surface area contributed by atoms with E-state index in [1.807, 2.05) is 0 Å². The van der Waals surface area contributed by atoms with Crippen molar-refractivity contribution in [3.63, 3.8) is 0 Å². The van der Waals surface area contributed by atoms with Crippen LogP contribution in [0, 0.1) is 4.64 Å². The third kappa shape index (κ3) is 2.76. The van der Waals surface area contributed by atoms with Crippen LogP contribution in [0.5, 0.6) is 0 Å². The van der Waals surface area contributed by atoms with Gasteiger partial charge in [-0.1, -0.05) is 23.6 Å². The lowest BCUT2D eigenvalue weighted by Gasteiger charge is -2.14. The number of carbonyl (C=O) groups excluding carboxylic acids is 1. The van der Waals surface area contributed by atoms with E-state index in [4.69, 9.17) is 27.4 Å². The molecule has 1 aliphatic heterocycles. The number of thiazole rings is 1. The maximum Gasteiger partial charge on any atom is 0.311 e. The summed E-state index contributed by atoms with van der Waals surface area (Å²) in [5.74, 6) is -0.204. The first-order valence-corrected chi connectivity index (χ1v) is 7.88. The zero-order chi connectivity index (χ0) is 15.9. The van der Waals surface area contributed by atoms with Crippen LogP contribution in [0.25, 0.3) is 10.3 Å². The van der Waals surface area contributed by atoms with Gasteiger partial charge < -0.3 is 20.2 Å². The maximum atomic E-state index is 12.2. The minimum atomic E-state index is -0.453. The van der Waals surface area contributed by atoms with Crippen molar-refractivity contribution in [1.29, 1.82) is 0 Å². The molecule has 10 heteroatoms. The van der Waals surface area contributed by atoms with E-state index in [-0.39, 0.29) is 29.5 Å². The van der Waals surface area contributed by atoms with E-state index >= 15 is 0 Å². The minimum Gasteiger partial charge on any atom is -0.463 e. The van der Waals surface area contributed by atoms with Crippen molar-refractivity contribution in [3.05, 3.63) is 14.3 Å². The van der Waals surface area contributed by atoms with Crippen LogP contribution in [0.1, 0.15) is 26.0 Å². The average Bonchev–Trinajstić information content (AvgIpc) is 3.00. The Morgan fingerprint density at radius 3 is 3.14 bits per heavy atom. The Balaban J connectivity index is 1.91. The molecule has 1 aliphatic rings. The molecule has 3 heterocycles. The lowest BCUT2D eigenvalue weighted by Crippen LogP contribution is -2.22. The average molecular weight is 342 g/mol. The zero-order valence-corrected chi connectivity index (χ0v) is 13.3. The van der Waals surface area contributed by atoms with Crippen LogP contribution in [0.3, 0.4) is 0 Å². The van der Waals surface area contributed by atoms with Crippen LogP contribution in [0.15, 0.2) is 4.79 Å².